The standard InChI is InChI=1S/C27H35N6O8P/c1-4-17(5-2)13-26(3,25(36)37)32-42(38,41-18-9-7-6-8-10-18)39-14-20-22(34)23(35)27(15-28,40-20)21-12-11-19-24(29)30-16-31-33(19)21/h6-12,16-17,20,22-23,34-35H,4-5,13-14H2,1-3H3,(H,32,38)(H,36,37)(H2,29,30,31)/t20-,22-,23-,26?,27+,42+/m1/s1. The van der Waals surface area contributed by atoms with Crippen LogP contribution in [0.5, 0.6) is 5.75 Å². The van der Waals surface area contributed by atoms with Crippen molar-refractivity contribution in [1.82, 2.24) is 19.7 Å². The monoisotopic (exact) mass is 602 g/mol. The van der Waals surface area contributed by atoms with Gasteiger partial charge in [0.05, 0.1) is 12.3 Å². The molecular weight excluding hydrogens is 567 g/mol. The van der Waals surface area contributed by atoms with Gasteiger partial charge in [-0.3, -0.25) is 9.32 Å². The molecule has 0 bridgehead atoms. The number of anilines is 1. The first-order valence-corrected chi connectivity index (χ1v) is 15.0. The number of fused-ring (bicyclic) bond motifs is 1. The maximum atomic E-state index is 14.2. The topological polar surface area (TPSA) is 215 Å². The van der Waals surface area contributed by atoms with Gasteiger partial charge in [-0.2, -0.15) is 15.4 Å². The fourth-order valence-electron chi connectivity index (χ4n) is 5.06. The Hall–Kier alpha value is -3.57. The minimum absolute atomic E-state index is 0.00451. The highest BCUT2D eigenvalue weighted by molar-refractivity contribution is 7.52. The Labute approximate surface area is 242 Å². The number of hydrogen-bond donors (Lipinski definition) is 5. The summed E-state index contributed by atoms with van der Waals surface area (Å²) in [6.45, 7) is 4.63. The molecule has 0 saturated carbocycles. The average molecular weight is 603 g/mol. The van der Waals surface area contributed by atoms with Crippen molar-refractivity contribution in [2.75, 3.05) is 12.3 Å². The summed E-state index contributed by atoms with van der Waals surface area (Å²) in [5, 5.41) is 48.9. The largest absolute Gasteiger partial charge is 0.480 e. The first kappa shape index (κ1) is 31.4. The first-order chi connectivity index (χ1) is 19.9. The summed E-state index contributed by atoms with van der Waals surface area (Å²) in [4.78, 5) is 16.3. The molecule has 1 unspecified atom stereocenters. The van der Waals surface area contributed by atoms with Crippen molar-refractivity contribution >= 4 is 25.1 Å². The van der Waals surface area contributed by atoms with Crippen LogP contribution in [0.3, 0.4) is 0 Å². The first-order valence-electron chi connectivity index (χ1n) is 13.5. The molecule has 226 valence electrons. The van der Waals surface area contributed by atoms with Gasteiger partial charge in [-0.05, 0) is 43.5 Å². The van der Waals surface area contributed by atoms with E-state index in [-0.39, 0.29) is 29.6 Å². The van der Waals surface area contributed by atoms with Crippen LogP contribution in [0, 0.1) is 17.2 Å². The molecule has 0 spiro atoms. The van der Waals surface area contributed by atoms with Crippen molar-refractivity contribution in [2.24, 2.45) is 5.92 Å². The Balaban J connectivity index is 1.63. The number of para-hydroxylation sites is 1. The van der Waals surface area contributed by atoms with E-state index in [1.165, 1.54) is 42.0 Å². The van der Waals surface area contributed by atoms with Gasteiger partial charge in [-0.25, -0.2) is 14.1 Å². The number of aliphatic hydroxyl groups excluding tert-OH is 2. The summed E-state index contributed by atoms with van der Waals surface area (Å²) in [5.74, 6) is -0.991. The predicted molar refractivity (Wildman–Crippen MR) is 150 cm³/mol. The van der Waals surface area contributed by atoms with Crippen molar-refractivity contribution in [3.63, 3.8) is 0 Å². The maximum Gasteiger partial charge on any atom is 0.459 e. The fourth-order valence-corrected chi connectivity index (χ4v) is 6.76. The van der Waals surface area contributed by atoms with Crippen LogP contribution in [0.2, 0.25) is 0 Å². The lowest BCUT2D eigenvalue weighted by Gasteiger charge is -2.33. The van der Waals surface area contributed by atoms with Crippen LogP contribution in [-0.2, 0) is 24.2 Å². The summed E-state index contributed by atoms with van der Waals surface area (Å²) in [5.41, 5.74) is 2.51. The summed E-state index contributed by atoms with van der Waals surface area (Å²) >= 11 is 0. The number of nitriles is 1. The van der Waals surface area contributed by atoms with Gasteiger partial charge >= 0.3 is 13.7 Å². The van der Waals surface area contributed by atoms with E-state index in [1.54, 1.807) is 18.2 Å². The second kappa shape index (κ2) is 12.3. The van der Waals surface area contributed by atoms with Crippen LogP contribution in [0.4, 0.5) is 5.82 Å². The molecule has 1 aliphatic heterocycles. The molecule has 0 amide bonds. The number of nitrogens with one attached hydrogen (secondary N) is 1. The molecule has 1 saturated heterocycles. The Morgan fingerprint density at radius 3 is 2.60 bits per heavy atom. The van der Waals surface area contributed by atoms with Crippen molar-refractivity contribution in [3.05, 3.63) is 54.5 Å². The van der Waals surface area contributed by atoms with E-state index in [9.17, 15) is 29.9 Å². The van der Waals surface area contributed by atoms with Crippen LogP contribution in [0.1, 0.15) is 45.7 Å². The van der Waals surface area contributed by atoms with Gasteiger partial charge in [-0.1, -0.05) is 44.9 Å². The lowest BCUT2D eigenvalue weighted by molar-refractivity contribution is -0.144. The fraction of sp³-hybridized carbons (Fsp3) is 0.481. The van der Waals surface area contributed by atoms with Crippen LogP contribution in [-0.4, -0.2) is 66.3 Å². The van der Waals surface area contributed by atoms with E-state index in [4.69, 9.17) is 19.5 Å². The van der Waals surface area contributed by atoms with Crippen LogP contribution in [0.15, 0.2) is 48.8 Å². The zero-order chi connectivity index (χ0) is 30.7. The molecule has 1 aliphatic rings. The quantitative estimate of drug-likeness (QED) is 0.178. The van der Waals surface area contributed by atoms with E-state index in [2.05, 4.69) is 15.2 Å². The third-order valence-corrected chi connectivity index (χ3v) is 9.28. The molecule has 3 aromatic rings. The number of hydrogen-bond acceptors (Lipinski definition) is 11. The number of aliphatic carboxylic acids is 1. The predicted octanol–water partition coefficient (Wildman–Crippen LogP) is 2.61. The molecule has 15 heteroatoms. The Bertz CT molecular complexity index is 1490. The van der Waals surface area contributed by atoms with Gasteiger partial charge in [0.15, 0.2) is 5.82 Å². The van der Waals surface area contributed by atoms with Gasteiger partial charge in [0.2, 0.25) is 5.60 Å². The lowest BCUT2D eigenvalue weighted by atomic mass is 9.87. The molecule has 6 atom stereocenters. The number of carboxylic acid groups (broad SMARTS) is 1. The Morgan fingerprint density at radius 2 is 1.98 bits per heavy atom. The number of carboxylic acids is 1. The van der Waals surface area contributed by atoms with Gasteiger partial charge in [0.1, 0.15) is 47.5 Å². The molecule has 6 N–H and O–H groups in total. The third-order valence-electron chi connectivity index (χ3n) is 7.57. The van der Waals surface area contributed by atoms with Crippen molar-refractivity contribution in [1.29, 1.82) is 5.26 Å². The van der Waals surface area contributed by atoms with Crippen molar-refractivity contribution in [2.45, 2.75) is 69.5 Å². The van der Waals surface area contributed by atoms with Crippen molar-refractivity contribution < 1.29 is 38.5 Å². The molecule has 1 aromatic carbocycles. The third kappa shape index (κ3) is 5.98. The highest BCUT2D eigenvalue weighted by Crippen LogP contribution is 2.49. The number of ether oxygens (including phenoxy) is 1. The Kier molecular flexibility index (Phi) is 9.22. The SMILES string of the molecule is CCC(CC)CC(C)(N[P@](=O)(OC[C@H]1O[C@@](C#N)(c2ccc3c(N)ncnn23)[C@H](O)[C@@H]1O)Oc1ccccc1)C(=O)O. The number of nitrogens with zero attached hydrogens (tertiary/aromatic N) is 4. The summed E-state index contributed by atoms with van der Waals surface area (Å²) < 4.78 is 32.7. The van der Waals surface area contributed by atoms with E-state index in [0.717, 1.165) is 0 Å². The van der Waals surface area contributed by atoms with E-state index in [1.807, 2.05) is 19.9 Å². The van der Waals surface area contributed by atoms with Crippen LogP contribution in [0.25, 0.3) is 5.52 Å². The lowest BCUT2D eigenvalue weighted by Crippen LogP contribution is -2.50. The minimum atomic E-state index is -4.48. The molecule has 2 aromatic heterocycles. The summed E-state index contributed by atoms with van der Waals surface area (Å²) in [6, 6.07) is 13.0. The number of rotatable bonds is 13. The van der Waals surface area contributed by atoms with E-state index >= 15 is 0 Å². The van der Waals surface area contributed by atoms with Crippen molar-refractivity contribution in [3.8, 4) is 11.8 Å². The molecule has 42 heavy (non-hydrogen) atoms. The smallest absolute Gasteiger partial charge is 0.459 e. The highest BCUT2D eigenvalue weighted by atomic mass is 31.2. The normalized spacial score (nSPS) is 25.1. The average Bonchev–Trinajstić information content (AvgIpc) is 3.51. The zero-order valence-electron chi connectivity index (χ0n) is 23.5. The van der Waals surface area contributed by atoms with Crippen LogP contribution < -0.4 is 15.3 Å². The van der Waals surface area contributed by atoms with E-state index in [0.29, 0.717) is 18.4 Å². The Morgan fingerprint density at radius 1 is 1.29 bits per heavy atom. The highest BCUT2D eigenvalue weighted by Gasteiger charge is 2.58. The van der Waals surface area contributed by atoms with Gasteiger partial charge < -0.3 is 30.3 Å². The summed E-state index contributed by atoms with van der Waals surface area (Å²) in [6.07, 6.45) is -2.12. The maximum absolute atomic E-state index is 14.2. The molecule has 1 fully saturated rings. The van der Waals surface area contributed by atoms with Gasteiger partial charge in [-0.15, -0.1) is 0 Å². The molecule has 4 rings (SSSR count). The van der Waals surface area contributed by atoms with Gasteiger partial charge in [0.25, 0.3) is 0 Å². The molecular formula is C27H35N6O8P. The number of benzene rings is 1. The number of aliphatic hydroxyl groups is 2. The number of carbonyl (C=O) groups is 1. The second-order valence-electron chi connectivity index (χ2n) is 10.4. The number of nitrogen functional groups attached to an aromatic ring is 1. The van der Waals surface area contributed by atoms with Gasteiger partial charge in [0, 0.05) is 0 Å². The molecule has 14 nitrogen and oxygen atoms in total. The molecule has 0 radical (unpaired) electrons. The number of nitrogens with two attached hydrogens (primary N) is 1. The molecule has 0 aliphatic carbocycles. The second-order valence-corrected chi connectivity index (χ2v) is 12.1. The molecule has 3 heterocycles. The van der Waals surface area contributed by atoms with Crippen LogP contribution >= 0.6 is 7.75 Å². The van der Waals surface area contributed by atoms with E-state index < -0.39 is 49.8 Å². The minimum Gasteiger partial charge on any atom is -0.480 e. The summed E-state index contributed by atoms with van der Waals surface area (Å²) in [7, 11) is -4.48. The number of aromatic nitrogens is 3. The zero-order valence-corrected chi connectivity index (χ0v) is 24.3.